The van der Waals surface area contributed by atoms with E-state index in [1.165, 1.54) is 12.0 Å². The van der Waals surface area contributed by atoms with E-state index in [0.29, 0.717) is 6.07 Å². The molecule has 9 nitrogen and oxygen atoms in total. The number of likely N-dealkylation sites (tertiary alicyclic amines) is 1. The number of nitrogens with one attached hydrogen (secondary N) is 1. The topological polar surface area (TPSA) is 101 Å². The molecule has 3 heterocycles. The summed E-state index contributed by atoms with van der Waals surface area (Å²) < 4.78 is 91.0. The van der Waals surface area contributed by atoms with Crippen LogP contribution in [0.5, 0.6) is 5.75 Å². The van der Waals surface area contributed by atoms with Crippen molar-refractivity contribution in [2.24, 2.45) is 0 Å². The molecule has 0 bridgehead atoms. The van der Waals surface area contributed by atoms with Crippen LogP contribution in [0.25, 0.3) is 0 Å². The minimum Gasteiger partial charge on any atom is -0.476 e. The molecule has 2 atom stereocenters. The lowest BCUT2D eigenvalue weighted by Crippen LogP contribution is -2.66. The summed E-state index contributed by atoms with van der Waals surface area (Å²) >= 11 is 0. The van der Waals surface area contributed by atoms with E-state index >= 15 is 0 Å². The Balaban J connectivity index is 1.68. The molecule has 2 fully saturated rings. The van der Waals surface area contributed by atoms with Gasteiger partial charge >= 0.3 is 18.3 Å². The highest BCUT2D eigenvalue weighted by molar-refractivity contribution is 5.97. The summed E-state index contributed by atoms with van der Waals surface area (Å²) in [6, 6.07) is 3.38. The number of nitrogens with zero attached hydrogens (tertiary/aromatic N) is 3. The van der Waals surface area contributed by atoms with E-state index < -0.39 is 65.0 Å². The van der Waals surface area contributed by atoms with Gasteiger partial charge in [0.25, 0.3) is 11.8 Å². The number of hydrogen-bond donors (Lipinski definition) is 1. The number of hydrogen-bond acceptors (Lipinski definition) is 7. The van der Waals surface area contributed by atoms with Crippen LogP contribution >= 0.6 is 0 Å². The monoisotopic (exact) mass is 588 g/mol. The average molecular weight is 589 g/mol. The quantitative estimate of drug-likeness (QED) is 0.423. The summed E-state index contributed by atoms with van der Waals surface area (Å²) in [6.07, 6.45) is -7.65. The summed E-state index contributed by atoms with van der Waals surface area (Å²) in [4.78, 5) is 45.5. The number of methoxy groups -OCH3 is 1. The van der Waals surface area contributed by atoms with E-state index in [1.54, 1.807) is 0 Å². The number of piperidine rings is 1. The van der Waals surface area contributed by atoms with Gasteiger partial charge in [-0.3, -0.25) is 19.4 Å². The number of esters is 1. The van der Waals surface area contributed by atoms with Crippen LogP contribution in [0.4, 0.5) is 26.3 Å². The lowest BCUT2D eigenvalue weighted by molar-refractivity contribution is -0.156. The van der Waals surface area contributed by atoms with Crippen LogP contribution in [-0.4, -0.2) is 84.0 Å². The first kappa shape index (κ1) is 30.1. The smallest absolute Gasteiger partial charge is 0.417 e. The van der Waals surface area contributed by atoms with Gasteiger partial charge in [-0.1, -0.05) is 0 Å². The number of amides is 2. The summed E-state index contributed by atoms with van der Waals surface area (Å²) in [6.45, 7) is -0.305. The van der Waals surface area contributed by atoms with Crippen LogP contribution in [-0.2, 0) is 26.7 Å². The molecule has 2 aromatic rings. The van der Waals surface area contributed by atoms with E-state index in [2.05, 4.69) is 10.3 Å². The Bertz CT molecular complexity index is 1290. The van der Waals surface area contributed by atoms with E-state index in [1.807, 2.05) is 0 Å². The van der Waals surface area contributed by atoms with E-state index in [4.69, 9.17) is 9.47 Å². The molecule has 2 unspecified atom stereocenters. The first-order valence-electron chi connectivity index (χ1n) is 12.5. The number of aromatic nitrogens is 1. The molecule has 2 saturated heterocycles. The third-order valence-corrected chi connectivity index (χ3v) is 6.93. The van der Waals surface area contributed by atoms with Gasteiger partial charge in [0.2, 0.25) is 5.60 Å². The van der Waals surface area contributed by atoms with Crippen LogP contribution in [0, 0.1) is 0 Å². The second-order valence-electron chi connectivity index (χ2n) is 9.65. The van der Waals surface area contributed by atoms with Crippen LogP contribution in [0.3, 0.4) is 0 Å². The van der Waals surface area contributed by atoms with Gasteiger partial charge < -0.3 is 24.6 Å². The number of alkyl halides is 6. The van der Waals surface area contributed by atoms with Crippen molar-refractivity contribution in [3.63, 3.8) is 0 Å². The second-order valence-corrected chi connectivity index (χ2v) is 9.65. The number of piperazine rings is 1. The first-order valence-corrected chi connectivity index (χ1v) is 12.5. The standard InChI is InChI=1S/C26H26F6N4O5/c1-40-22(38)20-14-35(12-10-34-20)23(39)24(41-17-5-3-16(4-6-17)25(27,28)29)8-2-11-36(15-24)21(37)18-13-33-9-7-19(18)26(30,31)32/h3-7,9,13,20,34H,2,8,10-12,14-15H2,1H3. The Hall–Kier alpha value is -3.88. The SMILES string of the molecule is COC(=O)C1CN(C(=O)C2(Oc3ccc(C(F)(F)F)cc3)CCCN(C(=O)c3cnccc3C(F)(F)F)C2)CCN1. The molecule has 15 heteroatoms. The molecule has 2 amide bonds. The van der Waals surface area contributed by atoms with Gasteiger partial charge in [0.05, 0.1) is 30.3 Å². The molecule has 0 spiro atoms. The van der Waals surface area contributed by atoms with Crippen molar-refractivity contribution in [3.05, 3.63) is 59.4 Å². The molecule has 2 aliphatic rings. The summed E-state index contributed by atoms with van der Waals surface area (Å²) in [5, 5.41) is 2.92. The van der Waals surface area contributed by atoms with Crippen molar-refractivity contribution in [1.29, 1.82) is 0 Å². The predicted molar refractivity (Wildman–Crippen MR) is 130 cm³/mol. The molecule has 2 aliphatic heterocycles. The van der Waals surface area contributed by atoms with Gasteiger partial charge in [0, 0.05) is 38.6 Å². The van der Waals surface area contributed by atoms with Gasteiger partial charge in [-0.05, 0) is 43.2 Å². The molecule has 0 saturated carbocycles. The Morgan fingerprint density at radius 1 is 1.00 bits per heavy atom. The van der Waals surface area contributed by atoms with Gasteiger partial charge in [0.15, 0.2) is 0 Å². The lowest BCUT2D eigenvalue weighted by atomic mass is 9.89. The van der Waals surface area contributed by atoms with Crippen molar-refractivity contribution in [1.82, 2.24) is 20.1 Å². The number of rotatable bonds is 5. The number of pyridine rings is 1. The average Bonchev–Trinajstić information content (AvgIpc) is 2.95. The van der Waals surface area contributed by atoms with Gasteiger partial charge in [0.1, 0.15) is 11.8 Å². The fourth-order valence-corrected chi connectivity index (χ4v) is 4.94. The number of benzene rings is 1. The first-order chi connectivity index (χ1) is 19.2. The summed E-state index contributed by atoms with van der Waals surface area (Å²) in [5.41, 5.74) is -4.74. The largest absolute Gasteiger partial charge is 0.476 e. The normalized spacial score (nSPS) is 21.8. The zero-order valence-electron chi connectivity index (χ0n) is 21.7. The molecule has 1 aromatic heterocycles. The second kappa shape index (κ2) is 11.5. The molecule has 4 rings (SSSR count). The van der Waals surface area contributed by atoms with Crippen LogP contribution < -0.4 is 10.1 Å². The van der Waals surface area contributed by atoms with Gasteiger partial charge in [-0.15, -0.1) is 0 Å². The van der Waals surface area contributed by atoms with Crippen molar-refractivity contribution in [3.8, 4) is 5.75 Å². The number of ether oxygens (including phenoxy) is 2. The third kappa shape index (κ3) is 6.55. The van der Waals surface area contributed by atoms with Gasteiger partial charge in [-0.25, -0.2) is 0 Å². The van der Waals surface area contributed by atoms with Crippen LogP contribution in [0.15, 0.2) is 42.7 Å². The predicted octanol–water partition coefficient (Wildman–Crippen LogP) is 3.15. The minimum atomic E-state index is -4.85. The number of carbonyl (C=O) groups is 3. The zero-order chi connectivity index (χ0) is 30.0. The fraction of sp³-hybridized carbons (Fsp3) is 0.462. The zero-order valence-corrected chi connectivity index (χ0v) is 21.7. The highest BCUT2D eigenvalue weighted by atomic mass is 19.4. The maximum absolute atomic E-state index is 14.0. The minimum absolute atomic E-state index is 0.00260. The Morgan fingerprint density at radius 3 is 2.34 bits per heavy atom. The fourth-order valence-electron chi connectivity index (χ4n) is 4.94. The van der Waals surface area contributed by atoms with E-state index in [-0.39, 0.29) is 44.8 Å². The molecular weight excluding hydrogens is 562 g/mol. The van der Waals surface area contributed by atoms with E-state index in [0.717, 1.165) is 41.6 Å². The van der Waals surface area contributed by atoms with Gasteiger partial charge in [-0.2, -0.15) is 26.3 Å². The molecule has 0 aliphatic carbocycles. The Morgan fingerprint density at radius 2 is 1.71 bits per heavy atom. The molecule has 0 radical (unpaired) electrons. The van der Waals surface area contributed by atoms with Crippen LogP contribution in [0.1, 0.15) is 34.3 Å². The maximum Gasteiger partial charge on any atom is 0.417 e. The molecule has 1 N–H and O–H groups in total. The third-order valence-electron chi connectivity index (χ3n) is 6.93. The molecular formula is C26H26F6N4O5. The molecule has 41 heavy (non-hydrogen) atoms. The lowest BCUT2D eigenvalue weighted by Gasteiger charge is -2.45. The maximum atomic E-state index is 14.0. The Kier molecular flexibility index (Phi) is 8.47. The van der Waals surface area contributed by atoms with Crippen molar-refractivity contribution >= 4 is 17.8 Å². The van der Waals surface area contributed by atoms with E-state index in [9.17, 15) is 40.7 Å². The molecule has 222 valence electrons. The number of carbonyl (C=O) groups excluding carboxylic acids is 3. The highest BCUT2D eigenvalue weighted by Gasteiger charge is 2.50. The summed E-state index contributed by atoms with van der Waals surface area (Å²) in [7, 11) is 1.18. The van der Waals surface area contributed by atoms with Crippen molar-refractivity contribution in [2.75, 3.05) is 39.8 Å². The highest BCUT2D eigenvalue weighted by Crippen LogP contribution is 2.36. The van der Waals surface area contributed by atoms with Crippen molar-refractivity contribution in [2.45, 2.75) is 36.8 Å². The van der Waals surface area contributed by atoms with Crippen LogP contribution in [0.2, 0.25) is 0 Å². The van der Waals surface area contributed by atoms with Crippen molar-refractivity contribution < 1.29 is 50.2 Å². The summed E-state index contributed by atoms with van der Waals surface area (Å²) in [5.74, 6) is -2.45. The Labute approximate surface area is 230 Å². The molecule has 1 aromatic carbocycles. The number of halogens is 6.